The topological polar surface area (TPSA) is 78.2 Å². The third-order valence-corrected chi connectivity index (χ3v) is 4.73. The van der Waals surface area contributed by atoms with Gasteiger partial charge in [0.1, 0.15) is 11.8 Å². The largest absolute Gasteiger partial charge is 0.332 e. The number of para-hydroxylation sites is 1. The number of aryl methyl sites for hydroxylation is 1. The summed E-state index contributed by atoms with van der Waals surface area (Å²) in [5.41, 5.74) is 2.04. The number of nitrogens with zero attached hydrogens (tertiary/aromatic N) is 5. The quantitative estimate of drug-likeness (QED) is 0.560. The zero-order valence-corrected chi connectivity index (χ0v) is 13.5. The van der Waals surface area contributed by atoms with Gasteiger partial charge in [0.2, 0.25) is 0 Å². The highest BCUT2D eigenvalue weighted by Gasteiger charge is 2.30. The smallest absolute Gasteiger partial charge is 0.278 e. The average Bonchev–Trinajstić information content (AvgIpc) is 3.14. The minimum Gasteiger partial charge on any atom is -0.332 e. The highest BCUT2D eigenvalue weighted by molar-refractivity contribution is 6.35. The Morgan fingerprint density at radius 1 is 1.29 bits per heavy atom. The molecule has 0 aliphatic heterocycles. The van der Waals surface area contributed by atoms with Crippen molar-refractivity contribution in [3.8, 4) is 11.6 Å². The van der Waals surface area contributed by atoms with Crippen LogP contribution < -0.4 is 5.56 Å². The van der Waals surface area contributed by atoms with Gasteiger partial charge in [-0.05, 0) is 25.0 Å². The lowest BCUT2D eigenvalue weighted by molar-refractivity contribution is 0.422. The van der Waals surface area contributed by atoms with Gasteiger partial charge in [-0.1, -0.05) is 22.8 Å². The zero-order valence-electron chi connectivity index (χ0n) is 12.7. The van der Waals surface area contributed by atoms with Crippen molar-refractivity contribution in [1.82, 2.24) is 24.1 Å². The molecule has 5 rings (SSSR count). The molecule has 0 radical (unpaired) electrons. The first-order chi connectivity index (χ1) is 11.6. The van der Waals surface area contributed by atoms with Crippen molar-refractivity contribution in [3.63, 3.8) is 0 Å². The van der Waals surface area contributed by atoms with Crippen LogP contribution in [0.5, 0.6) is 0 Å². The van der Waals surface area contributed by atoms with Gasteiger partial charge in [0.05, 0.1) is 16.1 Å². The average molecular weight is 342 g/mol. The third kappa shape index (κ3) is 1.78. The van der Waals surface area contributed by atoms with E-state index in [9.17, 15) is 4.79 Å². The highest BCUT2D eigenvalue weighted by atomic mass is 35.5. The summed E-state index contributed by atoms with van der Waals surface area (Å²) < 4.78 is 8.58. The summed E-state index contributed by atoms with van der Waals surface area (Å²) in [7, 11) is 1.69. The van der Waals surface area contributed by atoms with Crippen LogP contribution in [-0.2, 0) is 7.05 Å². The van der Waals surface area contributed by atoms with Crippen LogP contribution in [0.25, 0.3) is 28.1 Å². The van der Waals surface area contributed by atoms with Crippen molar-refractivity contribution in [1.29, 1.82) is 0 Å². The predicted octanol–water partition coefficient (Wildman–Crippen LogP) is 2.77. The summed E-state index contributed by atoms with van der Waals surface area (Å²) in [4.78, 5) is 21.6. The van der Waals surface area contributed by atoms with Gasteiger partial charge < -0.3 is 9.09 Å². The first-order valence-corrected chi connectivity index (χ1v) is 8.01. The SMILES string of the molecule is Cn1c(=O)c2c(-c3nc(C4CC4)no3)ncn2c2cccc(Cl)c21. The van der Waals surface area contributed by atoms with E-state index in [0.717, 1.165) is 18.4 Å². The van der Waals surface area contributed by atoms with Crippen molar-refractivity contribution in [2.45, 2.75) is 18.8 Å². The Morgan fingerprint density at radius 3 is 2.92 bits per heavy atom. The Balaban J connectivity index is 1.85. The van der Waals surface area contributed by atoms with Gasteiger partial charge in [0.25, 0.3) is 11.4 Å². The molecule has 0 bridgehead atoms. The summed E-state index contributed by atoms with van der Waals surface area (Å²) in [6, 6.07) is 5.49. The van der Waals surface area contributed by atoms with E-state index in [0.29, 0.717) is 33.5 Å². The van der Waals surface area contributed by atoms with E-state index >= 15 is 0 Å². The maximum absolute atomic E-state index is 12.9. The van der Waals surface area contributed by atoms with Crippen molar-refractivity contribution in [3.05, 3.63) is 45.7 Å². The van der Waals surface area contributed by atoms with Gasteiger partial charge in [-0.2, -0.15) is 4.98 Å². The first-order valence-electron chi connectivity index (χ1n) is 7.63. The highest BCUT2D eigenvalue weighted by Crippen LogP contribution is 2.39. The van der Waals surface area contributed by atoms with E-state index in [4.69, 9.17) is 16.1 Å². The normalized spacial score (nSPS) is 14.8. The lowest BCUT2D eigenvalue weighted by Gasteiger charge is -2.09. The summed E-state index contributed by atoms with van der Waals surface area (Å²) in [6.45, 7) is 0. The molecule has 7 nitrogen and oxygen atoms in total. The zero-order chi connectivity index (χ0) is 16.4. The van der Waals surface area contributed by atoms with E-state index in [2.05, 4.69) is 15.1 Å². The molecule has 0 saturated heterocycles. The number of hydrogen-bond donors (Lipinski definition) is 0. The third-order valence-electron chi connectivity index (χ3n) is 4.42. The lowest BCUT2D eigenvalue weighted by atomic mass is 10.2. The van der Waals surface area contributed by atoms with Crippen LogP contribution in [0.4, 0.5) is 0 Å². The van der Waals surface area contributed by atoms with Crippen molar-refractivity contribution in [2.24, 2.45) is 7.05 Å². The molecule has 0 spiro atoms. The molecule has 3 aromatic heterocycles. The van der Waals surface area contributed by atoms with Crippen LogP contribution in [0.2, 0.25) is 5.02 Å². The van der Waals surface area contributed by atoms with E-state index in [1.54, 1.807) is 23.8 Å². The summed E-state index contributed by atoms with van der Waals surface area (Å²) in [5.74, 6) is 1.34. The lowest BCUT2D eigenvalue weighted by Crippen LogP contribution is -2.20. The van der Waals surface area contributed by atoms with Gasteiger partial charge in [0, 0.05) is 13.0 Å². The standard InChI is InChI=1S/C16H12ClN5O2/c1-21-12-9(17)3-2-4-10(12)22-7-18-11(13(22)16(21)23)15-19-14(20-24-15)8-5-6-8/h2-4,7-8H,5-6H2,1H3. The second kappa shape index (κ2) is 4.67. The number of hydrogen-bond acceptors (Lipinski definition) is 5. The predicted molar refractivity (Wildman–Crippen MR) is 88.2 cm³/mol. The minimum absolute atomic E-state index is 0.214. The van der Waals surface area contributed by atoms with Gasteiger partial charge in [0.15, 0.2) is 11.5 Å². The maximum Gasteiger partial charge on any atom is 0.278 e. The molecule has 1 saturated carbocycles. The Bertz CT molecular complexity index is 1170. The second-order valence-electron chi connectivity index (χ2n) is 6.02. The van der Waals surface area contributed by atoms with Crippen LogP contribution in [-0.4, -0.2) is 24.1 Å². The summed E-state index contributed by atoms with van der Waals surface area (Å²) in [5, 5.41) is 4.52. The van der Waals surface area contributed by atoms with Crippen molar-refractivity contribution >= 4 is 28.2 Å². The molecule has 0 N–H and O–H groups in total. The number of imidazole rings is 1. The van der Waals surface area contributed by atoms with Gasteiger partial charge in [-0.15, -0.1) is 0 Å². The fraction of sp³-hybridized carbons (Fsp3) is 0.250. The molecule has 1 aliphatic rings. The number of benzene rings is 1. The summed E-state index contributed by atoms with van der Waals surface area (Å²) in [6.07, 6.45) is 3.74. The molecule has 8 heteroatoms. The molecular weight excluding hydrogens is 330 g/mol. The Morgan fingerprint density at radius 2 is 2.12 bits per heavy atom. The first kappa shape index (κ1) is 13.7. The van der Waals surface area contributed by atoms with Crippen LogP contribution in [0.15, 0.2) is 33.8 Å². The van der Waals surface area contributed by atoms with Gasteiger partial charge in [-0.3, -0.25) is 9.20 Å². The molecule has 0 amide bonds. The van der Waals surface area contributed by atoms with E-state index < -0.39 is 0 Å². The molecule has 3 heterocycles. The number of aromatic nitrogens is 5. The molecular formula is C16H12ClN5O2. The Kier molecular flexibility index (Phi) is 2.67. The van der Waals surface area contributed by atoms with Gasteiger partial charge >= 0.3 is 0 Å². The fourth-order valence-corrected chi connectivity index (χ4v) is 3.32. The van der Waals surface area contributed by atoms with Crippen LogP contribution in [0.3, 0.4) is 0 Å². The molecule has 0 unspecified atom stereocenters. The number of rotatable bonds is 2. The van der Waals surface area contributed by atoms with E-state index in [1.165, 1.54) is 4.57 Å². The van der Waals surface area contributed by atoms with Crippen LogP contribution in [0, 0.1) is 0 Å². The molecule has 4 aromatic rings. The molecule has 1 aliphatic carbocycles. The van der Waals surface area contributed by atoms with Crippen molar-refractivity contribution < 1.29 is 4.52 Å². The van der Waals surface area contributed by atoms with E-state index in [1.807, 2.05) is 12.1 Å². The fourth-order valence-electron chi connectivity index (χ4n) is 3.02. The van der Waals surface area contributed by atoms with Crippen molar-refractivity contribution in [2.75, 3.05) is 0 Å². The molecule has 0 atom stereocenters. The van der Waals surface area contributed by atoms with Crippen LogP contribution >= 0.6 is 11.6 Å². The number of halogens is 1. The minimum atomic E-state index is -0.214. The molecule has 1 aromatic carbocycles. The molecule has 120 valence electrons. The van der Waals surface area contributed by atoms with E-state index in [-0.39, 0.29) is 11.4 Å². The monoisotopic (exact) mass is 341 g/mol. The van der Waals surface area contributed by atoms with Gasteiger partial charge in [-0.25, -0.2) is 4.98 Å². The summed E-state index contributed by atoms with van der Waals surface area (Å²) >= 11 is 6.27. The maximum atomic E-state index is 12.9. The van der Waals surface area contributed by atoms with Crippen LogP contribution in [0.1, 0.15) is 24.6 Å². The molecule has 1 fully saturated rings. The number of fused-ring (bicyclic) bond motifs is 3. The Labute approximate surface area is 140 Å². The molecule has 24 heavy (non-hydrogen) atoms. The second-order valence-corrected chi connectivity index (χ2v) is 6.42. The Hall–Kier alpha value is -2.67.